The van der Waals surface area contributed by atoms with Crippen LogP contribution in [-0.2, 0) is 0 Å². The molecule has 0 saturated carbocycles. The third-order valence-corrected chi connectivity index (χ3v) is 1.26. The molecule has 0 bridgehead atoms. The number of benzene rings is 1. The molecule has 1 aromatic rings. The van der Waals surface area contributed by atoms with Crippen molar-refractivity contribution in [2.24, 2.45) is 0 Å². The fourth-order valence-electron chi connectivity index (χ4n) is 0.753. The standard InChI is InChI=1S/C7H5NO3.H4Si/c9-5-6-3-1-2-4-7(6)8(10)11;/h1-5H;1H4. The lowest BCUT2D eigenvalue weighted by Gasteiger charge is -1.91. The number of hydrogen-bond donors (Lipinski definition) is 0. The van der Waals surface area contributed by atoms with Gasteiger partial charge in [-0.1, -0.05) is 12.1 Å². The Morgan fingerprint density at radius 3 is 2.33 bits per heavy atom. The molecule has 5 heteroatoms. The molecule has 0 heterocycles. The SMILES string of the molecule is O=Cc1ccccc1[N+](=O)[O-].[SiH4]. The van der Waals surface area contributed by atoms with E-state index in [0.29, 0.717) is 6.29 Å². The summed E-state index contributed by atoms with van der Waals surface area (Å²) in [5.74, 6) is 0. The summed E-state index contributed by atoms with van der Waals surface area (Å²) >= 11 is 0. The molecule has 0 N–H and O–H groups in total. The van der Waals surface area contributed by atoms with Crippen LogP contribution < -0.4 is 0 Å². The first-order valence-electron chi connectivity index (χ1n) is 2.94. The third kappa shape index (κ3) is 1.99. The van der Waals surface area contributed by atoms with Gasteiger partial charge in [0.25, 0.3) is 5.69 Å². The Labute approximate surface area is 73.4 Å². The molecule has 0 aliphatic rings. The van der Waals surface area contributed by atoms with Crippen molar-refractivity contribution in [3.8, 4) is 0 Å². The van der Waals surface area contributed by atoms with Crippen molar-refractivity contribution >= 4 is 22.9 Å². The molecular weight excluding hydrogens is 174 g/mol. The average molecular weight is 183 g/mol. The van der Waals surface area contributed by atoms with Crippen LogP contribution in [0.2, 0.25) is 0 Å². The maximum absolute atomic E-state index is 10.2. The van der Waals surface area contributed by atoms with Crippen molar-refractivity contribution < 1.29 is 9.72 Å². The number of nitrogens with zero attached hydrogens (tertiary/aromatic N) is 1. The maximum atomic E-state index is 10.2. The minimum absolute atomic E-state index is 0. The molecule has 0 aliphatic heterocycles. The fourth-order valence-corrected chi connectivity index (χ4v) is 0.753. The van der Waals surface area contributed by atoms with Crippen molar-refractivity contribution in [1.82, 2.24) is 0 Å². The second-order valence-corrected chi connectivity index (χ2v) is 1.93. The van der Waals surface area contributed by atoms with Crippen molar-refractivity contribution in [3.05, 3.63) is 39.9 Å². The molecule has 0 atom stereocenters. The van der Waals surface area contributed by atoms with Crippen LogP contribution in [0.15, 0.2) is 24.3 Å². The molecule has 64 valence electrons. The molecule has 1 rings (SSSR count). The van der Waals surface area contributed by atoms with Gasteiger partial charge >= 0.3 is 0 Å². The van der Waals surface area contributed by atoms with Crippen LogP contribution in [0.1, 0.15) is 10.4 Å². The summed E-state index contributed by atoms with van der Waals surface area (Å²) in [4.78, 5) is 19.9. The molecule has 0 unspecified atom stereocenters. The zero-order chi connectivity index (χ0) is 8.27. The largest absolute Gasteiger partial charge is 0.298 e. The molecule has 0 fully saturated rings. The smallest absolute Gasteiger partial charge is 0.279 e. The molecule has 0 amide bonds. The lowest BCUT2D eigenvalue weighted by Crippen LogP contribution is -1.92. The van der Waals surface area contributed by atoms with Crippen LogP contribution in [0.5, 0.6) is 0 Å². The summed E-state index contributed by atoms with van der Waals surface area (Å²) in [5.41, 5.74) is -0.0417. The van der Waals surface area contributed by atoms with E-state index in [1.165, 1.54) is 18.2 Å². The van der Waals surface area contributed by atoms with Crippen molar-refractivity contribution in [2.45, 2.75) is 0 Å². The van der Waals surface area contributed by atoms with Gasteiger partial charge in [0.1, 0.15) is 0 Å². The minimum Gasteiger partial charge on any atom is -0.298 e. The molecule has 12 heavy (non-hydrogen) atoms. The van der Waals surface area contributed by atoms with E-state index in [1.807, 2.05) is 0 Å². The minimum atomic E-state index is -0.580. The summed E-state index contributed by atoms with van der Waals surface area (Å²) < 4.78 is 0. The van der Waals surface area contributed by atoms with Gasteiger partial charge in [0.15, 0.2) is 6.29 Å². The number of nitro groups is 1. The van der Waals surface area contributed by atoms with E-state index in [0.717, 1.165) is 0 Å². The first kappa shape index (κ1) is 10.5. The third-order valence-electron chi connectivity index (χ3n) is 1.26. The predicted octanol–water partition coefficient (Wildman–Crippen LogP) is -0.0443. The highest BCUT2D eigenvalue weighted by Gasteiger charge is 2.09. The summed E-state index contributed by atoms with van der Waals surface area (Å²) in [6.07, 6.45) is 0.470. The number of nitro benzene ring substituents is 1. The normalized spacial score (nSPS) is 8.33. The lowest BCUT2D eigenvalue weighted by molar-refractivity contribution is -0.385. The number of aldehydes is 1. The summed E-state index contributed by atoms with van der Waals surface area (Å²) in [5, 5.41) is 10.2. The van der Waals surface area contributed by atoms with Crippen LogP contribution in [-0.4, -0.2) is 22.2 Å². The maximum Gasteiger partial charge on any atom is 0.279 e. The highest BCUT2D eigenvalue weighted by atomic mass is 28.1. The van der Waals surface area contributed by atoms with Gasteiger partial charge < -0.3 is 0 Å². The van der Waals surface area contributed by atoms with Crippen LogP contribution in [0.4, 0.5) is 5.69 Å². The molecule has 1 aromatic carbocycles. The van der Waals surface area contributed by atoms with Crippen LogP contribution in [0.25, 0.3) is 0 Å². The molecule has 0 aromatic heterocycles. The highest BCUT2D eigenvalue weighted by molar-refractivity contribution is 5.81. The molecule has 0 saturated heterocycles. The summed E-state index contributed by atoms with van der Waals surface area (Å²) in [6, 6.07) is 5.80. The van der Waals surface area contributed by atoms with Crippen LogP contribution >= 0.6 is 0 Å². The van der Waals surface area contributed by atoms with Gasteiger partial charge in [-0.3, -0.25) is 14.9 Å². The highest BCUT2D eigenvalue weighted by Crippen LogP contribution is 2.14. The number of carbonyl (C=O) groups excluding carboxylic acids is 1. The summed E-state index contributed by atoms with van der Waals surface area (Å²) in [6.45, 7) is 0. The number of rotatable bonds is 2. The number of para-hydroxylation sites is 1. The van der Waals surface area contributed by atoms with Crippen molar-refractivity contribution in [2.75, 3.05) is 0 Å². The van der Waals surface area contributed by atoms with E-state index < -0.39 is 4.92 Å². The van der Waals surface area contributed by atoms with E-state index >= 15 is 0 Å². The molecule has 0 aliphatic carbocycles. The van der Waals surface area contributed by atoms with Crippen LogP contribution in [0, 0.1) is 10.1 Å². The molecule has 0 spiro atoms. The fraction of sp³-hybridized carbons (Fsp3) is 0. The Bertz CT molecular complexity index is 300. The Morgan fingerprint density at radius 2 is 1.92 bits per heavy atom. The second kappa shape index (κ2) is 4.40. The zero-order valence-corrected chi connectivity index (χ0v) is 5.56. The van der Waals surface area contributed by atoms with Gasteiger partial charge in [0, 0.05) is 6.07 Å². The monoisotopic (exact) mass is 183 g/mol. The zero-order valence-electron chi connectivity index (χ0n) is 5.56. The summed E-state index contributed by atoms with van der Waals surface area (Å²) in [7, 11) is 0. The van der Waals surface area contributed by atoms with Crippen molar-refractivity contribution in [3.63, 3.8) is 0 Å². The average Bonchev–Trinajstić information content (AvgIpc) is 2.04. The quantitative estimate of drug-likeness (QED) is 0.280. The van der Waals surface area contributed by atoms with Crippen LogP contribution in [0.3, 0.4) is 0 Å². The van der Waals surface area contributed by atoms with Gasteiger partial charge in [0.05, 0.1) is 10.5 Å². The Kier molecular flexibility index (Phi) is 3.85. The van der Waals surface area contributed by atoms with E-state index in [2.05, 4.69) is 0 Å². The predicted molar refractivity (Wildman–Crippen MR) is 49.8 cm³/mol. The Balaban J connectivity index is 0.00000121. The first-order chi connectivity index (χ1) is 5.25. The van der Waals surface area contributed by atoms with Crippen molar-refractivity contribution in [1.29, 1.82) is 0 Å². The van der Waals surface area contributed by atoms with Gasteiger partial charge in [-0.2, -0.15) is 0 Å². The Morgan fingerprint density at radius 1 is 1.33 bits per heavy atom. The van der Waals surface area contributed by atoms with E-state index in [1.54, 1.807) is 6.07 Å². The van der Waals surface area contributed by atoms with E-state index in [9.17, 15) is 14.9 Å². The van der Waals surface area contributed by atoms with E-state index in [-0.39, 0.29) is 22.2 Å². The van der Waals surface area contributed by atoms with Gasteiger partial charge in [-0.05, 0) is 17.0 Å². The number of hydrogen-bond acceptors (Lipinski definition) is 3. The molecule has 0 radical (unpaired) electrons. The first-order valence-corrected chi connectivity index (χ1v) is 2.94. The second-order valence-electron chi connectivity index (χ2n) is 1.93. The number of carbonyl (C=O) groups is 1. The van der Waals surface area contributed by atoms with E-state index in [4.69, 9.17) is 0 Å². The Hall–Kier alpha value is -1.49. The lowest BCUT2D eigenvalue weighted by atomic mass is 10.2. The molecular formula is C7H9NO3Si. The molecule has 4 nitrogen and oxygen atoms in total. The van der Waals surface area contributed by atoms with Gasteiger partial charge in [0.2, 0.25) is 0 Å². The van der Waals surface area contributed by atoms with Gasteiger partial charge in [-0.15, -0.1) is 0 Å². The topological polar surface area (TPSA) is 60.2 Å². The van der Waals surface area contributed by atoms with Gasteiger partial charge in [-0.25, -0.2) is 0 Å².